The molecule has 8 aromatic carbocycles. The summed E-state index contributed by atoms with van der Waals surface area (Å²) in [6.07, 6.45) is 0. The molecule has 232 valence electrons. The number of hydrogen-bond acceptors (Lipinski definition) is 1. The highest BCUT2D eigenvalue weighted by Gasteiger charge is 2.23. The molecule has 0 bridgehead atoms. The lowest BCUT2D eigenvalue weighted by molar-refractivity contribution is 1.50. The highest BCUT2D eigenvalue weighted by atomic mass is 14.9. The van der Waals surface area contributed by atoms with Crippen LogP contribution in [0.1, 0.15) is 0 Å². The Morgan fingerprint density at radius 2 is 0.653 bits per heavy atom. The van der Waals surface area contributed by atoms with Crippen LogP contribution in [0.3, 0.4) is 0 Å². The summed E-state index contributed by atoms with van der Waals surface area (Å²) < 4.78 is 0. The Morgan fingerprint density at radius 3 is 1.20 bits per heavy atom. The molecule has 8 rings (SSSR count). The topological polar surface area (TPSA) is 12.0 Å². The van der Waals surface area contributed by atoms with Gasteiger partial charge >= 0.3 is 0 Å². The average molecular weight is 626 g/mol. The molecule has 0 unspecified atom stereocenters. The van der Waals surface area contributed by atoms with Crippen LogP contribution in [0.5, 0.6) is 0 Å². The van der Waals surface area contributed by atoms with Gasteiger partial charge in [0.1, 0.15) is 0 Å². The van der Waals surface area contributed by atoms with Crippen LogP contribution in [0, 0.1) is 0 Å². The van der Waals surface area contributed by atoms with E-state index in [0.29, 0.717) is 0 Å². The summed E-state index contributed by atoms with van der Waals surface area (Å²) in [4.78, 5) is 0. The first-order valence-corrected chi connectivity index (χ1v) is 16.8. The zero-order chi connectivity index (χ0) is 32.8. The maximum atomic E-state index is 3.95. The van der Waals surface area contributed by atoms with Crippen molar-refractivity contribution in [3.63, 3.8) is 0 Å². The van der Waals surface area contributed by atoms with Crippen molar-refractivity contribution in [3.8, 4) is 66.8 Å². The van der Waals surface area contributed by atoms with Crippen LogP contribution in [0.25, 0.3) is 66.8 Å². The smallest absolute Gasteiger partial charge is 0.0550 e. The predicted octanol–water partition coefficient (Wildman–Crippen LogP) is 13.4. The van der Waals surface area contributed by atoms with Gasteiger partial charge in [-0.05, 0) is 79.9 Å². The molecule has 0 atom stereocenters. The lowest BCUT2D eigenvalue weighted by atomic mass is 9.82. The third-order valence-corrected chi connectivity index (χ3v) is 9.08. The normalized spacial score (nSPS) is 10.9. The molecular formula is C48H35N. The second-order valence-corrected chi connectivity index (χ2v) is 12.2. The van der Waals surface area contributed by atoms with Gasteiger partial charge in [-0.15, -0.1) is 0 Å². The van der Waals surface area contributed by atoms with Gasteiger partial charge in [-0.2, -0.15) is 0 Å². The van der Waals surface area contributed by atoms with E-state index in [1.165, 1.54) is 44.5 Å². The second kappa shape index (κ2) is 13.7. The van der Waals surface area contributed by atoms with Gasteiger partial charge in [-0.25, -0.2) is 0 Å². The highest BCUT2D eigenvalue weighted by molar-refractivity contribution is 6.07. The van der Waals surface area contributed by atoms with Gasteiger partial charge in [0.15, 0.2) is 0 Å². The first-order valence-electron chi connectivity index (χ1n) is 16.8. The monoisotopic (exact) mass is 625 g/mol. The molecule has 0 fully saturated rings. The molecule has 0 aliphatic heterocycles. The molecule has 1 nitrogen and oxygen atoms in total. The quantitative estimate of drug-likeness (QED) is 0.177. The third kappa shape index (κ3) is 6.31. The van der Waals surface area contributed by atoms with Gasteiger partial charge in [0.05, 0.1) is 5.69 Å². The summed E-state index contributed by atoms with van der Waals surface area (Å²) in [5.74, 6) is 0. The minimum atomic E-state index is 1.03. The molecule has 49 heavy (non-hydrogen) atoms. The molecule has 0 aromatic heterocycles. The van der Waals surface area contributed by atoms with E-state index in [4.69, 9.17) is 0 Å². The molecule has 8 aromatic rings. The fourth-order valence-electron chi connectivity index (χ4n) is 6.70. The van der Waals surface area contributed by atoms with Gasteiger partial charge in [0.2, 0.25) is 0 Å². The van der Waals surface area contributed by atoms with E-state index in [1.54, 1.807) is 0 Å². The largest absolute Gasteiger partial charge is 0.354 e. The van der Waals surface area contributed by atoms with Crippen LogP contribution in [0.4, 0.5) is 11.4 Å². The molecule has 0 amide bonds. The summed E-state index contributed by atoms with van der Waals surface area (Å²) in [5.41, 5.74) is 16.2. The van der Waals surface area contributed by atoms with Crippen molar-refractivity contribution in [2.45, 2.75) is 0 Å². The fourth-order valence-corrected chi connectivity index (χ4v) is 6.70. The summed E-state index contributed by atoms with van der Waals surface area (Å²) in [5, 5.41) is 3.95. The Bertz CT molecular complexity index is 2290. The molecule has 0 saturated heterocycles. The first kappa shape index (κ1) is 29.9. The van der Waals surface area contributed by atoms with E-state index in [0.717, 1.165) is 33.6 Å². The van der Waals surface area contributed by atoms with Crippen LogP contribution in [0.15, 0.2) is 206 Å². The first-order chi connectivity index (χ1) is 24.3. The van der Waals surface area contributed by atoms with Crippen molar-refractivity contribution in [2.24, 2.45) is 0 Å². The van der Waals surface area contributed by atoms with Crippen molar-refractivity contribution in [1.29, 1.82) is 0 Å². The lowest BCUT2D eigenvalue weighted by Crippen LogP contribution is -2.01. The van der Waals surface area contributed by atoms with Crippen LogP contribution in [-0.4, -0.2) is 0 Å². The van der Waals surface area contributed by atoms with Crippen LogP contribution >= 0.6 is 0 Å². The van der Waals surface area contributed by atoms with Crippen LogP contribution in [-0.2, 0) is 0 Å². The Morgan fingerprint density at radius 1 is 0.245 bits per heavy atom. The Labute approximate surface area is 288 Å². The van der Waals surface area contributed by atoms with E-state index >= 15 is 0 Å². The SMILES string of the molecule is c1ccc(-c2ccc(Nc3c(-c4ccccc4)cc(-c4ccccc4)c(-c4cccc(-c5ccccc5)c4)c3-c3ccccc3)cc2)cc1. The average Bonchev–Trinajstić information content (AvgIpc) is 3.19. The summed E-state index contributed by atoms with van der Waals surface area (Å²) in [6, 6.07) is 73.6. The van der Waals surface area contributed by atoms with Crippen LogP contribution < -0.4 is 5.32 Å². The highest BCUT2D eigenvalue weighted by Crippen LogP contribution is 2.50. The molecule has 1 N–H and O–H groups in total. The Balaban J connectivity index is 1.42. The van der Waals surface area contributed by atoms with E-state index < -0.39 is 0 Å². The van der Waals surface area contributed by atoms with E-state index in [-0.39, 0.29) is 0 Å². The molecule has 0 aliphatic carbocycles. The molecule has 0 aliphatic rings. The maximum Gasteiger partial charge on any atom is 0.0550 e. The number of benzene rings is 8. The van der Waals surface area contributed by atoms with E-state index in [9.17, 15) is 0 Å². The van der Waals surface area contributed by atoms with Crippen molar-refractivity contribution >= 4 is 11.4 Å². The van der Waals surface area contributed by atoms with Gasteiger partial charge in [0.25, 0.3) is 0 Å². The van der Waals surface area contributed by atoms with Crippen molar-refractivity contribution in [1.82, 2.24) is 0 Å². The molecule has 0 heterocycles. The second-order valence-electron chi connectivity index (χ2n) is 12.2. The van der Waals surface area contributed by atoms with Gasteiger partial charge in [-0.3, -0.25) is 0 Å². The van der Waals surface area contributed by atoms with Gasteiger partial charge < -0.3 is 5.32 Å². The molecule has 1 heteroatoms. The molecule has 0 radical (unpaired) electrons. The standard InChI is InChI=1S/C48H35N/c1-6-17-35(18-7-1)37-29-31-43(32-30-37)49-48-45(39-23-12-4-13-24-39)34-44(38-21-10-3-11-22-38)46(47(48)40-25-14-5-15-26-40)42-28-16-27-41(33-42)36-19-8-2-9-20-36/h1-34,49H. The van der Waals surface area contributed by atoms with Gasteiger partial charge in [0, 0.05) is 16.8 Å². The van der Waals surface area contributed by atoms with Gasteiger partial charge in [-0.1, -0.05) is 182 Å². The van der Waals surface area contributed by atoms with Crippen molar-refractivity contribution in [3.05, 3.63) is 206 Å². The minimum absolute atomic E-state index is 1.03. The summed E-state index contributed by atoms with van der Waals surface area (Å²) in [7, 11) is 0. The van der Waals surface area contributed by atoms with E-state index in [2.05, 4.69) is 212 Å². The van der Waals surface area contributed by atoms with Crippen LogP contribution in [0.2, 0.25) is 0 Å². The zero-order valence-corrected chi connectivity index (χ0v) is 27.1. The predicted molar refractivity (Wildman–Crippen MR) is 209 cm³/mol. The maximum absolute atomic E-state index is 3.95. The molecule has 0 saturated carbocycles. The fraction of sp³-hybridized carbons (Fsp3) is 0. The zero-order valence-electron chi connectivity index (χ0n) is 27.1. The number of anilines is 2. The van der Waals surface area contributed by atoms with Crippen molar-refractivity contribution < 1.29 is 0 Å². The van der Waals surface area contributed by atoms with Crippen molar-refractivity contribution in [2.75, 3.05) is 5.32 Å². The minimum Gasteiger partial charge on any atom is -0.354 e. The lowest BCUT2D eigenvalue weighted by Gasteiger charge is -2.25. The molecule has 0 spiro atoms. The summed E-state index contributed by atoms with van der Waals surface area (Å²) in [6.45, 7) is 0. The summed E-state index contributed by atoms with van der Waals surface area (Å²) >= 11 is 0. The third-order valence-electron chi connectivity index (χ3n) is 9.08. The number of nitrogens with one attached hydrogen (secondary N) is 1. The van der Waals surface area contributed by atoms with E-state index in [1.807, 2.05) is 0 Å². The Kier molecular flexibility index (Phi) is 8.39. The number of rotatable bonds is 8. The molecular weight excluding hydrogens is 591 g/mol. The Hall–Kier alpha value is -6.44. The number of hydrogen-bond donors (Lipinski definition) is 1.